The lowest BCUT2D eigenvalue weighted by atomic mass is 9.80. The summed E-state index contributed by atoms with van der Waals surface area (Å²) < 4.78 is 27.8. The van der Waals surface area contributed by atoms with Gasteiger partial charge in [-0.05, 0) is 75.6 Å². The summed E-state index contributed by atoms with van der Waals surface area (Å²) >= 11 is 0. The number of nitro groups is 1. The van der Waals surface area contributed by atoms with Crippen LogP contribution in [0, 0.1) is 10.1 Å². The average molecular weight is 609 g/mol. The molecule has 1 saturated heterocycles. The van der Waals surface area contributed by atoms with E-state index in [4.69, 9.17) is 23.7 Å². The second-order valence-electron chi connectivity index (χ2n) is 10.7. The molecule has 0 aromatic heterocycles. The summed E-state index contributed by atoms with van der Waals surface area (Å²) in [6.45, 7) is 5.37. The highest BCUT2D eigenvalue weighted by atomic mass is 16.7. The van der Waals surface area contributed by atoms with Gasteiger partial charge in [0.25, 0.3) is 5.69 Å². The molecular weight excluding hydrogens is 568 g/mol. The first-order valence-electron chi connectivity index (χ1n) is 14.9. The largest absolute Gasteiger partial charge is 0.494 e. The summed E-state index contributed by atoms with van der Waals surface area (Å²) in [5.41, 5.74) is 2.80. The lowest BCUT2D eigenvalue weighted by Gasteiger charge is -2.30. The van der Waals surface area contributed by atoms with E-state index in [-0.39, 0.29) is 29.7 Å². The zero-order valence-corrected chi connectivity index (χ0v) is 25.5. The van der Waals surface area contributed by atoms with Crippen molar-refractivity contribution in [3.63, 3.8) is 0 Å². The number of hydrogen-bond donors (Lipinski definition) is 1. The number of benzene rings is 2. The van der Waals surface area contributed by atoms with E-state index in [1.54, 1.807) is 19.9 Å². The van der Waals surface area contributed by atoms with Crippen molar-refractivity contribution in [3.05, 3.63) is 92.3 Å². The zero-order valence-electron chi connectivity index (χ0n) is 25.5. The van der Waals surface area contributed by atoms with Gasteiger partial charge in [-0.3, -0.25) is 10.1 Å². The van der Waals surface area contributed by atoms with Crippen molar-refractivity contribution in [2.45, 2.75) is 64.6 Å². The number of unbranched alkanes of at least 4 members (excludes halogenated alkanes) is 1. The van der Waals surface area contributed by atoms with E-state index in [1.807, 2.05) is 24.3 Å². The fourth-order valence-electron chi connectivity index (χ4n) is 5.34. The first-order valence-corrected chi connectivity index (χ1v) is 14.9. The molecule has 0 radical (unpaired) electrons. The number of dihydropyridines is 1. The van der Waals surface area contributed by atoms with Crippen LogP contribution in [0.5, 0.6) is 5.75 Å². The minimum atomic E-state index is -0.894. The highest BCUT2D eigenvalue weighted by Crippen LogP contribution is 2.40. The van der Waals surface area contributed by atoms with Crippen molar-refractivity contribution in [2.24, 2.45) is 0 Å². The van der Waals surface area contributed by atoms with E-state index in [2.05, 4.69) is 5.32 Å². The fraction of sp³-hybridized carbons (Fsp3) is 0.455. The molecule has 0 amide bonds. The topological polar surface area (TPSA) is 135 Å². The van der Waals surface area contributed by atoms with Crippen molar-refractivity contribution in [2.75, 3.05) is 33.5 Å². The molecule has 2 aromatic carbocycles. The van der Waals surface area contributed by atoms with Crippen molar-refractivity contribution >= 4 is 17.6 Å². The lowest BCUT2D eigenvalue weighted by Crippen LogP contribution is -2.32. The van der Waals surface area contributed by atoms with Gasteiger partial charge in [0.2, 0.25) is 0 Å². The Kier molecular flexibility index (Phi) is 11.9. The van der Waals surface area contributed by atoms with Gasteiger partial charge in [-0.25, -0.2) is 9.59 Å². The molecule has 0 spiro atoms. The third-order valence-corrected chi connectivity index (χ3v) is 7.60. The Labute approximate surface area is 257 Å². The molecule has 44 heavy (non-hydrogen) atoms. The molecule has 1 N–H and O–H groups in total. The van der Waals surface area contributed by atoms with Gasteiger partial charge in [-0.1, -0.05) is 24.3 Å². The molecule has 2 atom stereocenters. The summed E-state index contributed by atoms with van der Waals surface area (Å²) in [7, 11) is 1.25. The van der Waals surface area contributed by atoms with Crippen LogP contribution in [0.2, 0.25) is 0 Å². The maximum absolute atomic E-state index is 13.3. The second-order valence-corrected chi connectivity index (χ2v) is 10.7. The minimum Gasteiger partial charge on any atom is -0.494 e. The first kappa shape index (κ1) is 32.7. The zero-order chi connectivity index (χ0) is 31.5. The molecule has 2 aliphatic rings. The molecule has 2 heterocycles. The van der Waals surface area contributed by atoms with Crippen LogP contribution in [0.15, 0.2) is 71.1 Å². The summed E-state index contributed by atoms with van der Waals surface area (Å²) in [5.74, 6) is -1.39. The number of ether oxygens (including phenoxy) is 5. The summed E-state index contributed by atoms with van der Waals surface area (Å²) in [6, 6.07) is 13.8. The number of nitro benzene ring substituents is 1. The third-order valence-electron chi connectivity index (χ3n) is 7.60. The third kappa shape index (κ3) is 8.67. The van der Waals surface area contributed by atoms with Gasteiger partial charge in [0.15, 0.2) is 6.29 Å². The smallest absolute Gasteiger partial charge is 0.336 e. The number of rotatable bonds is 14. The molecule has 2 aliphatic heterocycles. The number of hydrogen-bond acceptors (Lipinski definition) is 10. The van der Waals surface area contributed by atoms with Crippen molar-refractivity contribution in [1.82, 2.24) is 5.32 Å². The minimum absolute atomic E-state index is 0.0849. The van der Waals surface area contributed by atoms with Crippen LogP contribution in [0.25, 0.3) is 0 Å². The standard InChI is InChI=1S/C33H40N2O9/c1-22-29(32(36)40-3)31(25-9-8-10-26(21-25)35(38)39)30(23(2)34-22)33(37)44-19-7-6-17-41-27-14-12-24(13-15-27)16-20-43-28-11-4-5-18-42-28/h8-10,12-15,21,28,31,34H,4-7,11,16-20H2,1-3H3. The van der Waals surface area contributed by atoms with Crippen LogP contribution in [0.3, 0.4) is 0 Å². The predicted octanol–water partition coefficient (Wildman–Crippen LogP) is 5.49. The molecule has 4 rings (SSSR count). The Morgan fingerprint density at radius 1 is 0.977 bits per heavy atom. The average Bonchev–Trinajstić information content (AvgIpc) is 3.03. The Bertz CT molecular complexity index is 1380. The number of nitrogens with zero attached hydrogens (tertiary/aromatic N) is 1. The molecule has 11 heteroatoms. The van der Waals surface area contributed by atoms with E-state index in [1.165, 1.54) is 25.3 Å². The molecule has 0 saturated carbocycles. The van der Waals surface area contributed by atoms with E-state index >= 15 is 0 Å². The van der Waals surface area contributed by atoms with Crippen molar-refractivity contribution in [3.8, 4) is 5.75 Å². The Morgan fingerprint density at radius 3 is 2.39 bits per heavy atom. The number of carbonyl (C=O) groups is 2. The Hall–Kier alpha value is -4.22. The highest BCUT2D eigenvalue weighted by Gasteiger charge is 2.38. The first-order chi connectivity index (χ1) is 21.3. The molecule has 236 valence electrons. The second kappa shape index (κ2) is 16.0. The van der Waals surface area contributed by atoms with E-state index < -0.39 is 22.8 Å². The summed E-state index contributed by atoms with van der Waals surface area (Å²) in [4.78, 5) is 37.0. The van der Waals surface area contributed by atoms with Crippen LogP contribution in [-0.2, 0) is 35.0 Å². The van der Waals surface area contributed by atoms with Gasteiger partial charge in [0.05, 0.1) is 48.9 Å². The monoisotopic (exact) mass is 608 g/mol. The van der Waals surface area contributed by atoms with Gasteiger partial charge in [0, 0.05) is 30.1 Å². The highest BCUT2D eigenvalue weighted by molar-refractivity contribution is 5.99. The van der Waals surface area contributed by atoms with Gasteiger partial charge in [-0.15, -0.1) is 0 Å². The van der Waals surface area contributed by atoms with Crippen LogP contribution < -0.4 is 10.1 Å². The Balaban J connectivity index is 1.27. The molecule has 2 unspecified atom stereocenters. The predicted molar refractivity (Wildman–Crippen MR) is 162 cm³/mol. The fourth-order valence-corrected chi connectivity index (χ4v) is 5.34. The van der Waals surface area contributed by atoms with E-state index in [0.29, 0.717) is 43.0 Å². The van der Waals surface area contributed by atoms with Crippen LogP contribution in [0.1, 0.15) is 63.0 Å². The summed E-state index contributed by atoms with van der Waals surface area (Å²) in [5, 5.41) is 14.5. The number of nitrogens with one attached hydrogen (secondary N) is 1. The van der Waals surface area contributed by atoms with E-state index in [0.717, 1.165) is 43.6 Å². The Morgan fingerprint density at radius 2 is 1.70 bits per heavy atom. The van der Waals surface area contributed by atoms with Crippen LogP contribution in [0.4, 0.5) is 5.69 Å². The quantitative estimate of drug-likeness (QED) is 0.127. The molecule has 11 nitrogen and oxygen atoms in total. The number of carbonyl (C=O) groups excluding carboxylic acids is 2. The SMILES string of the molecule is COC(=O)C1=C(C)NC(C)=C(C(=O)OCCCCOc2ccc(CCOC3CCCCO3)cc2)C1c1cccc([N+](=O)[O-])c1. The number of allylic oxidation sites excluding steroid dienone is 2. The number of esters is 2. The van der Waals surface area contributed by atoms with Gasteiger partial charge in [-0.2, -0.15) is 0 Å². The van der Waals surface area contributed by atoms with Crippen LogP contribution >= 0.6 is 0 Å². The molecular formula is C33H40N2O9. The van der Waals surface area contributed by atoms with Crippen LogP contribution in [-0.4, -0.2) is 56.7 Å². The molecule has 2 aromatic rings. The van der Waals surface area contributed by atoms with E-state index in [9.17, 15) is 19.7 Å². The normalized spacial score (nSPS) is 18.4. The van der Waals surface area contributed by atoms with Gasteiger partial charge in [0.1, 0.15) is 5.75 Å². The van der Waals surface area contributed by atoms with Crippen molar-refractivity contribution in [1.29, 1.82) is 0 Å². The maximum Gasteiger partial charge on any atom is 0.336 e. The maximum atomic E-state index is 13.3. The molecule has 1 fully saturated rings. The lowest BCUT2D eigenvalue weighted by molar-refractivity contribution is -0.384. The number of methoxy groups -OCH3 is 1. The molecule has 0 aliphatic carbocycles. The molecule has 0 bridgehead atoms. The van der Waals surface area contributed by atoms with Crippen molar-refractivity contribution < 1.29 is 38.2 Å². The summed E-state index contributed by atoms with van der Waals surface area (Å²) in [6.07, 6.45) is 5.13. The van der Waals surface area contributed by atoms with Gasteiger partial charge < -0.3 is 29.0 Å². The van der Waals surface area contributed by atoms with Gasteiger partial charge >= 0.3 is 11.9 Å². The number of non-ortho nitro benzene ring substituents is 1.